The SMILES string of the molecule is C=C1c2cccc(C)c2CCc2cccc(C)c21.CC. The van der Waals surface area contributed by atoms with Crippen LogP contribution in [0.4, 0.5) is 0 Å². The summed E-state index contributed by atoms with van der Waals surface area (Å²) >= 11 is 0. The van der Waals surface area contributed by atoms with Gasteiger partial charge in [0.2, 0.25) is 0 Å². The first-order valence-electron chi connectivity index (χ1n) is 7.55. The Labute approximate surface area is 123 Å². The van der Waals surface area contributed by atoms with Crippen molar-refractivity contribution in [2.45, 2.75) is 40.5 Å². The van der Waals surface area contributed by atoms with Gasteiger partial charge in [0.15, 0.2) is 0 Å². The molecule has 20 heavy (non-hydrogen) atoms. The molecular weight excluding hydrogens is 240 g/mol. The van der Waals surface area contributed by atoms with Crippen LogP contribution in [0.3, 0.4) is 0 Å². The first kappa shape index (κ1) is 14.6. The van der Waals surface area contributed by atoms with Crippen LogP contribution < -0.4 is 0 Å². The highest BCUT2D eigenvalue weighted by atomic mass is 14.2. The lowest BCUT2D eigenvalue weighted by molar-refractivity contribution is 0.952. The van der Waals surface area contributed by atoms with Gasteiger partial charge in [-0.2, -0.15) is 0 Å². The molecule has 0 atom stereocenters. The molecular formula is C20H24. The smallest absolute Gasteiger partial charge is 0.0122 e. The Morgan fingerprint density at radius 3 is 2.25 bits per heavy atom. The Hall–Kier alpha value is -1.82. The summed E-state index contributed by atoms with van der Waals surface area (Å²) in [6, 6.07) is 13.1. The average Bonchev–Trinajstić information content (AvgIpc) is 2.61. The van der Waals surface area contributed by atoms with Crippen molar-refractivity contribution < 1.29 is 0 Å². The second-order valence-corrected chi connectivity index (χ2v) is 5.19. The molecule has 0 fully saturated rings. The quantitative estimate of drug-likeness (QED) is 0.590. The predicted octanol–water partition coefficient (Wildman–Crippen LogP) is 5.49. The van der Waals surface area contributed by atoms with E-state index in [4.69, 9.17) is 0 Å². The van der Waals surface area contributed by atoms with Crippen LogP contribution in [0.1, 0.15) is 47.2 Å². The molecule has 0 bridgehead atoms. The van der Waals surface area contributed by atoms with Gasteiger partial charge >= 0.3 is 0 Å². The Morgan fingerprint density at radius 2 is 1.50 bits per heavy atom. The van der Waals surface area contributed by atoms with Crippen molar-refractivity contribution in [1.82, 2.24) is 0 Å². The lowest BCUT2D eigenvalue weighted by Gasteiger charge is -2.13. The zero-order valence-electron chi connectivity index (χ0n) is 13.1. The van der Waals surface area contributed by atoms with Gasteiger partial charge in [-0.15, -0.1) is 0 Å². The maximum Gasteiger partial charge on any atom is -0.0122 e. The first-order chi connectivity index (χ1) is 9.68. The van der Waals surface area contributed by atoms with Crippen LogP contribution in [0.2, 0.25) is 0 Å². The molecule has 0 radical (unpaired) electrons. The molecule has 1 aliphatic carbocycles. The number of rotatable bonds is 0. The van der Waals surface area contributed by atoms with Gasteiger partial charge < -0.3 is 0 Å². The molecule has 0 N–H and O–H groups in total. The monoisotopic (exact) mass is 264 g/mol. The van der Waals surface area contributed by atoms with Crippen LogP contribution in [0.15, 0.2) is 43.0 Å². The minimum absolute atomic E-state index is 1.12. The molecule has 2 aromatic rings. The lowest BCUT2D eigenvalue weighted by Crippen LogP contribution is -1.95. The molecule has 0 amide bonds. The topological polar surface area (TPSA) is 0 Å². The fourth-order valence-corrected chi connectivity index (χ4v) is 3.08. The molecule has 3 rings (SSSR count). The minimum Gasteiger partial charge on any atom is -0.0905 e. The Morgan fingerprint density at radius 1 is 0.850 bits per heavy atom. The summed E-state index contributed by atoms with van der Waals surface area (Å²) in [7, 11) is 0. The van der Waals surface area contributed by atoms with Gasteiger partial charge in [0.05, 0.1) is 0 Å². The summed E-state index contributed by atoms with van der Waals surface area (Å²) < 4.78 is 0. The molecule has 0 saturated heterocycles. The fraction of sp³-hybridized carbons (Fsp3) is 0.300. The van der Waals surface area contributed by atoms with Crippen molar-refractivity contribution in [1.29, 1.82) is 0 Å². The van der Waals surface area contributed by atoms with E-state index in [0.717, 1.165) is 12.8 Å². The van der Waals surface area contributed by atoms with Crippen molar-refractivity contribution >= 4 is 5.57 Å². The second kappa shape index (κ2) is 6.09. The van der Waals surface area contributed by atoms with Crippen LogP contribution in [0, 0.1) is 13.8 Å². The molecule has 0 spiro atoms. The number of hydrogen-bond acceptors (Lipinski definition) is 0. The Bertz CT molecular complexity index is 632. The molecule has 0 heterocycles. The van der Waals surface area contributed by atoms with Crippen LogP contribution in [0.25, 0.3) is 5.57 Å². The van der Waals surface area contributed by atoms with Gasteiger partial charge in [0, 0.05) is 0 Å². The standard InChI is InChI=1S/C18H18.C2H6/c1-12-6-5-9-17-14(3)18-13(2)7-4-8-15(18)10-11-16(12)17;1-2/h4-9H,3,10-11H2,1-2H3;1-2H3. The highest BCUT2D eigenvalue weighted by molar-refractivity contribution is 5.84. The number of aryl methyl sites for hydroxylation is 3. The van der Waals surface area contributed by atoms with Crippen LogP contribution in [0.5, 0.6) is 0 Å². The zero-order chi connectivity index (χ0) is 14.7. The third-order valence-electron chi connectivity index (χ3n) is 4.04. The average molecular weight is 264 g/mol. The largest absolute Gasteiger partial charge is 0.0905 e. The zero-order valence-corrected chi connectivity index (χ0v) is 13.1. The van der Waals surface area contributed by atoms with Gasteiger partial charge in [-0.25, -0.2) is 0 Å². The van der Waals surface area contributed by atoms with E-state index in [9.17, 15) is 0 Å². The molecule has 0 saturated carbocycles. The molecule has 2 aromatic carbocycles. The summed E-state index contributed by atoms with van der Waals surface area (Å²) in [4.78, 5) is 0. The van der Waals surface area contributed by atoms with Crippen molar-refractivity contribution in [3.05, 3.63) is 76.4 Å². The van der Waals surface area contributed by atoms with Crippen molar-refractivity contribution in [3.63, 3.8) is 0 Å². The highest BCUT2D eigenvalue weighted by Crippen LogP contribution is 2.35. The molecule has 104 valence electrons. The van der Waals surface area contributed by atoms with E-state index in [2.05, 4.69) is 56.8 Å². The van der Waals surface area contributed by atoms with Gasteiger partial charge in [-0.1, -0.05) is 56.8 Å². The highest BCUT2D eigenvalue weighted by Gasteiger charge is 2.18. The Balaban J connectivity index is 0.000000704. The van der Waals surface area contributed by atoms with Gasteiger partial charge in [0.1, 0.15) is 0 Å². The molecule has 0 aliphatic heterocycles. The van der Waals surface area contributed by atoms with Gasteiger partial charge in [-0.05, 0) is 65.6 Å². The number of hydrogen-bond donors (Lipinski definition) is 0. The van der Waals surface area contributed by atoms with Crippen LogP contribution in [-0.2, 0) is 12.8 Å². The molecule has 0 heteroatoms. The maximum absolute atomic E-state index is 4.36. The van der Waals surface area contributed by atoms with Gasteiger partial charge in [0.25, 0.3) is 0 Å². The summed E-state index contributed by atoms with van der Waals surface area (Å²) in [5.74, 6) is 0. The van der Waals surface area contributed by atoms with E-state index in [1.54, 1.807) is 0 Å². The molecule has 1 aliphatic rings. The predicted molar refractivity (Wildman–Crippen MR) is 89.3 cm³/mol. The van der Waals surface area contributed by atoms with Crippen molar-refractivity contribution in [3.8, 4) is 0 Å². The maximum atomic E-state index is 4.36. The van der Waals surface area contributed by atoms with E-state index in [1.165, 1.54) is 39.0 Å². The lowest BCUT2D eigenvalue weighted by atomic mass is 9.91. The molecule has 0 nitrogen and oxygen atoms in total. The number of fused-ring (bicyclic) bond motifs is 2. The van der Waals surface area contributed by atoms with E-state index in [-0.39, 0.29) is 0 Å². The van der Waals surface area contributed by atoms with Crippen LogP contribution >= 0.6 is 0 Å². The van der Waals surface area contributed by atoms with Crippen molar-refractivity contribution in [2.75, 3.05) is 0 Å². The molecule has 0 aromatic heterocycles. The first-order valence-corrected chi connectivity index (χ1v) is 7.55. The summed E-state index contributed by atoms with van der Waals surface area (Å²) in [6.45, 7) is 12.7. The van der Waals surface area contributed by atoms with E-state index < -0.39 is 0 Å². The fourth-order valence-electron chi connectivity index (χ4n) is 3.08. The van der Waals surface area contributed by atoms with Gasteiger partial charge in [-0.3, -0.25) is 0 Å². The van der Waals surface area contributed by atoms with Crippen LogP contribution in [-0.4, -0.2) is 0 Å². The summed E-state index contributed by atoms with van der Waals surface area (Å²) in [6.07, 6.45) is 2.24. The second-order valence-electron chi connectivity index (χ2n) is 5.19. The summed E-state index contributed by atoms with van der Waals surface area (Å²) in [5.41, 5.74) is 9.53. The summed E-state index contributed by atoms with van der Waals surface area (Å²) in [5, 5.41) is 0. The van der Waals surface area contributed by atoms with E-state index in [0.29, 0.717) is 0 Å². The van der Waals surface area contributed by atoms with Crippen molar-refractivity contribution in [2.24, 2.45) is 0 Å². The minimum atomic E-state index is 1.12. The normalized spacial score (nSPS) is 12.7. The third-order valence-corrected chi connectivity index (χ3v) is 4.04. The number of benzene rings is 2. The molecule has 0 unspecified atom stereocenters. The van der Waals surface area contributed by atoms with E-state index in [1.807, 2.05) is 13.8 Å². The third kappa shape index (κ3) is 2.43. The Kier molecular flexibility index (Phi) is 4.44. The van der Waals surface area contributed by atoms with E-state index >= 15 is 0 Å².